The molecule has 0 amide bonds. The van der Waals surface area contributed by atoms with Crippen molar-refractivity contribution in [2.24, 2.45) is 5.92 Å². The normalized spacial score (nSPS) is 15.7. The third-order valence-corrected chi connectivity index (χ3v) is 7.10. The van der Waals surface area contributed by atoms with Gasteiger partial charge in [-0.25, -0.2) is 15.0 Å². The van der Waals surface area contributed by atoms with E-state index in [2.05, 4.69) is 37.8 Å². The number of ether oxygens (including phenoxy) is 1. The van der Waals surface area contributed by atoms with Crippen molar-refractivity contribution in [3.63, 3.8) is 0 Å². The molecule has 4 heterocycles. The van der Waals surface area contributed by atoms with E-state index in [0.29, 0.717) is 29.4 Å². The molecule has 0 spiro atoms. The summed E-state index contributed by atoms with van der Waals surface area (Å²) in [6.45, 7) is 3.90. The number of aromatic amines is 1. The monoisotopic (exact) mass is 478 g/mol. The van der Waals surface area contributed by atoms with Crippen molar-refractivity contribution in [3.05, 3.63) is 53.3 Å². The Bertz CT molecular complexity index is 1330. The average Bonchev–Trinajstić information content (AvgIpc) is 3.35. The number of aromatic nitrogens is 5. The predicted molar refractivity (Wildman–Crippen MR) is 132 cm³/mol. The third kappa shape index (κ3) is 4.30. The van der Waals surface area contributed by atoms with Crippen LogP contribution >= 0.6 is 11.6 Å². The van der Waals surface area contributed by atoms with Crippen LogP contribution in [0.25, 0.3) is 22.1 Å². The van der Waals surface area contributed by atoms with E-state index in [1.54, 1.807) is 12.7 Å². The number of nitrogens with zero attached hydrogens (tertiary/aromatic N) is 5. The molecule has 0 bridgehead atoms. The van der Waals surface area contributed by atoms with Gasteiger partial charge in [0.15, 0.2) is 5.65 Å². The number of carbonyl (C=O) groups excluding carboxylic acids is 1. The summed E-state index contributed by atoms with van der Waals surface area (Å²) in [6.07, 6.45) is 8.07. The molecular formula is C25H27ClN6O2. The SMILES string of the molecule is COC(=O)CC1CCN(c2c(C(C)Cc3ncnc4nc[nH]c34)cc(Cl)c3cccnc23)CC1. The molecule has 0 saturated carbocycles. The van der Waals surface area contributed by atoms with Crippen molar-refractivity contribution in [2.75, 3.05) is 25.1 Å². The molecule has 8 nitrogen and oxygen atoms in total. The lowest BCUT2D eigenvalue weighted by Crippen LogP contribution is -2.35. The predicted octanol–water partition coefficient (Wildman–Crippen LogP) is 4.68. The van der Waals surface area contributed by atoms with E-state index in [-0.39, 0.29) is 11.9 Å². The van der Waals surface area contributed by atoms with Gasteiger partial charge >= 0.3 is 5.97 Å². The number of nitrogens with one attached hydrogen (secondary N) is 1. The van der Waals surface area contributed by atoms with Gasteiger partial charge in [0.2, 0.25) is 0 Å². The lowest BCUT2D eigenvalue weighted by molar-refractivity contribution is -0.141. The molecule has 34 heavy (non-hydrogen) atoms. The van der Waals surface area contributed by atoms with Gasteiger partial charge in [-0.1, -0.05) is 18.5 Å². The number of imidazole rings is 1. The van der Waals surface area contributed by atoms with Gasteiger partial charge in [-0.3, -0.25) is 9.78 Å². The highest BCUT2D eigenvalue weighted by atomic mass is 35.5. The van der Waals surface area contributed by atoms with Crippen LogP contribution in [-0.2, 0) is 16.0 Å². The first-order chi connectivity index (χ1) is 16.5. The number of H-pyrrole nitrogens is 1. The molecule has 1 aromatic carbocycles. The molecule has 1 fully saturated rings. The van der Waals surface area contributed by atoms with Crippen molar-refractivity contribution >= 4 is 45.3 Å². The first-order valence-corrected chi connectivity index (χ1v) is 11.9. The number of benzene rings is 1. The Morgan fingerprint density at radius 2 is 2.09 bits per heavy atom. The molecule has 176 valence electrons. The fourth-order valence-corrected chi connectivity index (χ4v) is 5.23. The number of rotatable bonds is 6. The second-order valence-electron chi connectivity index (χ2n) is 8.93. The minimum atomic E-state index is -0.138. The fraction of sp³-hybridized carbons (Fsp3) is 0.400. The summed E-state index contributed by atoms with van der Waals surface area (Å²) in [4.78, 5) is 35.1. The van der Waals surface area contributed by atoms with Gasteiger partial charge < -0.3 is 14.6 Å². The van der Waals surface area contributed by atoms with Crippen molar-refractivity contribution in [3.8, 4) is 0 Å². The molecule has 9 heteroatoms. The first kappa shape index (κ1) is 22.5. The zero-order chi connectivity index (χ0) is 23.7. The van der Waals surface area contributed by atoms with Gasteiger partial charge in [0.1, 0.15) is 11.8 Å². The molecule has 1 N–H and O–H groups in total. The Balaban J connectivity index is 1.50. The quantitative estimate of drug-likeness (QED) is 0.402. The second kappa shape index (κ2) is 9.54. The molecule has 5 rings (SSSR count). The van der Waals surface area contributed by atoms with Crippen LogP contribution < -0.4 is 4.90 Å². The van der Waals surface area contributed by atoms with Gasteiger partial charge in [-0.15, -0.1) is 0 Å². The Morgan fingerprint density at radius 3 is 2.88 bits per heavy atom. The minimum Gasteiger partial charge on any atom is -0.469 e. The maximum atomic E-state index is 11.8. The minimum absolute atomic E-state index is 0.132. The average molecular weight is 479 g/mol. The van der Waals surface area contributed by atoms with Gasteiger partial charge in [0.25, 0.3) is 0 Å². The van der Waals surface area contributed by atoms with Crippen LogP contribution in [-0.4, -0.2) is 51.1 Å². The van der Waals surface area contributed by atoms with E-state index < -0.39 is 0 Å². The van der Waals surface area contributed by atoms with Crippen molar-refractivity contribution in [1.29, 1.82) is 0 Å². The summed E-state index contributed by atoms with van der Waals surface area (Å²) in [7, 11) is 1.45. The second-order valence-corrected chi connectivity index (χ2v) is 9.34. The summed E-state index contributed by atoms with van der Waals surface area (Å²) in [5, 5.41) is 1.65. The van der Waals surface area contributed by atoms with Crippen molar-refractivity contribution < 1.29 is 9.53 Å². The van der Waals surface area contributed by atoms with Crippen LogP contribution in [0.2, 0.25) is 5.02 Å². The maximum absolute atomic E-state index is 11.8. The highest BCUT2D eigenvalue weighted by molar-refractivity contribution is 6.36. The van der Waals surface area contributed by atoms with E-state index in [9.17, 15) is 4.79 Å². The van der Waals surface area contributed by atoms with Crippen LogP contribution in [0.5, 0.6) is 0 Å². The molecule has 3 aromatic heterocycles. The number of piperidine rings is 1. The van der Waals surface area contributed by atoms with Crippen LogP contribution in [0, 0.1) is 5.92 Å². The molecule has 0 radical (unpaired) electrons. The van der Waals surface area contributed by atoms with Gasteiger partial charge in [-0.05, 0) is 54.9 Å². The fourth-order valence-electron chi connectivity index (χ4n) is 4.96. The highest BCUT2D eigenvalue weighted by Gasteiger charge is 2.27. The molecule has 0 aliphatic carbocycles. The van der Waals surface area contributed by atoms with Gasteiger partial charge in [-0.2, -0.15) is 0 Å². The van der Waals surface area contributed by atoms with E-state index >= 15 is 0 Å². The number of halogens is 1. The molecule has 1 saturated heterocycles. The van der Waals surface area contributed by atoms with E-state index in [0.717, 1.165) is 59.3 Å². The van der Waals surface area contributed by atoms with Crippen molar-refractivity contribution in [2.45, 2.75) is 38.5 Å². The summed E-state index contributed by atoms with van der Waals surface area (Å²) >= 11 is 6.74. The zero-order valence-corrected chi connectivity index (χ0v) is 20.0. The number of anilines is 1. The number of hydrogen-bond acceptors (Lipinski definition) is 7. The number of methoxy groups -OCH3 is 1. The number of carbonyl (C=O) groups is 1. The Labute approximate surface area is 202 Å². The number of hydrogen-bond donors (Lipinski definition) is 1. The topological polar surface area (TPSA) is 96.9 Å². The third-order valence-electron chi connectivity index (χ3n) is 6.79. The standard InChI is InChI=1S/C25H27ClN6O2/c1-15(10-20-23-25(30-13-28-20)31-14-29-23)18-12-19(26)17-4-3-7-27-22(17)24(18)32-8-5-16(6-9-32)11-21(33)34-2/h3-4,7,12-16H,5-6,8-11H2,1-2H3,(H,28,29,30,31). The maximum Gasteiger partial charge on any atom is 0.305 e. The zero-order valence-electron chi connectivity index (χ0n) is 19.3. The Hall–Kier alpha value is -3.26. The lowest BCUT2D eigenvalue weighted by atomic mass is 9.89. The van der Waals surface area contributed by atoms with E-state index in [1.165, 1.54) is 7.11 Å². The summed E-state index contributed by atoms with van der Waals surface area (Å²) < 4.78 is 4.87. The molecule has 1 aliphatic rings. The number of fused-ring (bicyclic) bond motifs is 2. The van der Waals surface area contributed by atoms with Gasteiger partial charge in [0.05, 0.1) is 35.4 Å². The number of esters is 1. The van der Waals surface area contributed by atoms with E-state index in [4.69, 9.17) is 21.3 Å². The smallest absolute Gasteiger partial charge is 0.305 e. The summed E-state index contributed by atoms with van der Waals surface area (Å²) in [5.41, 5.74) is 5.65. The highest BCUT2D eigenvalue weighted by Crippen LogP contribution is 2.41. The van der Waals surface area contributed by atoms with Crippen LogP contribution in [0.3, 0.4) is 0 Å². The van der Waals surface area contributed by atoms with Crippen molar-refractivity contribution in [1.82, 2.24) is 24.9 Å². The lowest BCUT2D eigenvalue weighted by Gasteiger charge is -2.36. The molecule has 1 unspecified atom stereocenters. The summed E-state index contributed by atoms with van der Waals surface area (Å²) in [6, 6.07) is 6.02. The first-order valence-electron chi connectivity index (χ1n) is 11.6. The number of pyridine rings is 1. The van der Waals surface area contributed by atoms with Crippen LogP contribution in [0.15, 0.2) is 37.1 Å². The van der Waals surface area contributed by atoms with Crippen LogP contribution in [0.1, 0.15) is 43.4 Å². The molecule has 1 aliphatic heterocycles. The largest absolute Gasteiger partial charge is 0.469 e. The molecule has 1 atom stereocenters. The Morgan fingerprint density at radius 1 is 1.26 bits per heavy atom. The Kier molecular flexibility index (Phi) is 6.32. The molecular weight excluding hydrogens is 452 g/mol. The van der Waals surface area contributed by atoms with E-state index in [1.807, 2.05) is 18.3 Å². The summed E-state index contributed by atoms with van der Waals surface area (Å²) in [5.74, 6) is 0.334. The van der Waals surface area contributed by atoms with Crippen LogP contribution in [0.4, 0.5) is 5.69 Å². The van der Waals surface area contributed by atoms with Gasteiger partial charge in [0, 0.05) is 31.1 Å². The molecule has 4 aromatic rings.